The van der Waals surface area contributed by atoms with Crippen LogP contribution in [0, 0.1) is 5.92 Å². The first-order valence-electron chi connectivity index (χ1n) is 7.95. The van der Waals surface area contributed by atoms with Crippen molar-refractivity contribution in [3.05, 3.63) is 28.2 Å². The number of nitrogens with zero attached hydrogens (tertiary/aromatic N) is 1. The van der Waals surface area contributed by atoms with Crippen molar-refractivity contribution >= 4 is 53.1 Å². The highest BCUT2D eigenvalue weighted by molar-refractivity contribution is 6.44. The van der Waals surface area contributed by atoms with Crippen LogP contribution in [-0.2, 0) is 9.59 Å². The summed E-state index contributed by atoms with van der Waals surface area (Å²) in [4.78, 5) is 26.2. The minimum Gasteiger partial charge on any atom is -0.355 e. The number of carbonyl (C=O) groups is 2. The molecule has 2 amide bonds. The summed E-state index contributed by atoms with van der Waals surface area (Å²) in [7, 11) is 0. The largest absolute Gasteiger partial charge is 0.355 e. The number of rotatable bonds is 6. The van der Waals surface area contributed by atoms with Crippen LogP contribution in [0.15, 0.2) is 18.2 Å². The van der Waals surface area contributed by atoms with Crippen molar-refractivity contribution in [2.75, 3.05) is 38.0 Å². The SMILES string of the molecule is Cl.NCCNC(=O)C1CCCN(CC(=O)Nc2cccc(Cl)c2Cl)C1. The summed E-state index contributed by atoms with van der Waals surface area (Å²) in [5.74, 6) is -0.279. The maximum Gasteiger partial charge on any atom is 0.238 e. The van der Waals surface area contributed by atoms with Gasteiger partial charge in [0, 0.05) is 19.6 Å². The Bertz CT molecular complexity index is 601. The number of carbonyl (C=O) groups excluding carboxylic acids is 2. The third kappa shape index (κ3) is 6.64. The number of piperidine rings is 1. The molecule has 1 aromatic rings. The fraction of sp³-hybridized carbons (Fsp3) is 0.500. The van der Waals surface area contributed by atoms with Crippen LogP contribution in [-0.4, -0.2) is 49.4 Å². The molecule has 0 aliphatic carbocycles. The van der Waals surface area contributed by atoms with E-state index in [1.54, 1.807) is 18.2 Å². The van der Waals surface area contributed by atoms with Crippen LogP contribution in [0.3, 0.4) is 0 Å². The maximum absolute atomic E-state index is 12.2. The smallest absolute Gasteiger partial charge is 0.238 e. The van der Waals surface area contributed by atoms with Crippen LogP contribution >= 0.6 is 35.6 Å². The molecule has 2 rings (SSSR count). The average Bonchev–Trinajstić information content (AvgIpc) is 2.57. The lowest BCUT2D eigenvalue weighted by molar-refractivity contribution is -0.127. The van der Waals surface area contributed by atoms with E-state index in [2.05, 4.69) is 10.6 Å². The normalized spacial score (nSPS) is 17.5. The molecule has 1 unspecified atom stereocenters. The molecule has 0 spiro atoms. The molecule has 4 N–H and O–H groups in total. The molecule has 1 fully saturated rings. The van der Waals surface area contributed by atoms with E-state index in [1.165, 1.54) is 0 Å². The molecule has 1 heterocycles. The Morgan fingerprint density at radius 3 is 2.80 bits per heavy atom. The first-order chi connectivity index (χ1) is 11.5. The molecule has 6 nitrogen and oxygen atoms in total. The molecule has 0 aromatic heterocycles. The van der Waals surface area contributed by atoms with Crippen LogP contribution in [0.2, 0.25) is 10.0 Å². The zero-order valence-corrected chi connectivity index (χ0v) is 16.1. The molecule has 0 radical (unpaired) electrons. The van der Waals surface area contributed by atoms with E-state index in [-0.39, 0.29) is 36.7 Å². The van der Waals surface area contributed by atoms with Crippen LogP contribution in [0.25, 0.3) is 0 Å². The second-order valence-corrected chi connectivity index (χ2v) is 6.59. The fourth-order valence-electron chi connectivity index (χ4n) is 2.75. The van der Waals surface area contributed by atoms with Gasteiger partial charge in [-0.05, 0) is 31.5 Å². The molecule has 1 aliphatic rings. The molecule has 25 heavy (non-hydrogen) atoms. The zero-order chi connectivity index (χ0) is 17.5. The van der Waals surface area contributed by atoms with Crippen molar-refractivity contribution < 1.29 is 9.59 Å². The number of halogens is 3. The van der Waals surface area contributed by atoms with Gasteiger partial charge in [0.1, 0.15) is 0 Å². The molecule has 0 saturated carbocycles. The summed E-state index contributed by atoms with van der Waals surface area (Å²) >= 11 is 12.0. The Morgan fingerprint density at radius 2 is 2.08 bits per heavy atom. The lowest BCUT2D eigenvalue weighted by Gasteiger charge is -2.31. The molecule has 140 valence electrons. The van der Waals surface area contributed by atoms with Gasteiger partial charge in [0.15, 0.2) is 0 Å². The van der Waals surface area contributed by atoms with Crippen LogP contribution in [0.5, 0.6) is 0 Å². The molecule has 9 heteroatoms. The van der Waals surface area contributed by atoms with Crippen LogP contribution in [0.4, 0.5) is 5.69 Å². The van der Waals surface area contributed by atoms with E-state index in [0.29, 0.717) is 35.4 Å². The van der Waals surface area contributed by atoms with Gasteiger partial charge in [-0.15, -0.1) is 12.4 Å². The summed E-state index contributed by atoms with van der Waals surface area (Å²) in [5, 5.41) is 6.29. The quantitative estimate of drug-likeness (QED) is 0.672. The van der Waals surface area contributed by atoms with E-state index in [0.717, 1.165) is 19.4 Å². The predicted molar refractivity (Wildman–Crippen MR) is 104 cm³/mol. The van der Waals surface area contributed by atoms with Crippen molar-refractivity contribution in [1.29, 1.82) is 0 Å². The molecule has 1 aliphatic heterocycles. The van der Waals surface area contributed by atoms with Crippen molar-refractivity contribution in [3.63, 3.8) is 0 Å². The fourth-order valence-corrected chi connectivity index (χ4v) is 3.09. The lowest BCUT2D eigenvalue weighted by Crippen LogP contribution is -2.46. The molecular weight excluding hydrogens is 387 g/mol. The van der Waals surface area contributed by atoms with E-state index in [9.17, 15) is 9.59 Å². The Balaban J connectivity index is 0.00000312. The molecule has 1 aromatic carbocycles. The topological polar surface area (TPSA) is 87.5 Å². The van der Waals surface area contributed by atoms with E-state index in [1.807, 2.05) is 4.90 Å². The highest BCUT2D eigenvalue weighted by atomic mass is 35.5. The zero-order valence-electron chi connectivity index (χ0n) is 13.8. The summed E-state index contributed by atoms with van der Waals surface area (Å²) in [5.41, 5.74) is 5.89. The average molecular weight is 410 g/mol. The number of amides is 2. The second-order valence-electron chi connectivity index (χ2n) is 5.80. The van der Waals surface area contributed by atoms with E-state index >= 15 is 0 Å². The van der Waals surface area contributed by atoms with E-state index < -0.39 is 0 Å². The van der Waals surface area contributed by atoms with Gasteiger partial charge < -0.3 is 16.4 Å². The second kappa shape index (κ2) is 10.8. The highest BCUT2D eigenvalue weighted by Crippen LogP contribution is 2.29. The molecule has 1 saturated heterocycles. The minimum absolute atomic E-state index is 0. The van der Waals surface area contributed by atoms with Gasteiger partial charge in [0.2, 0.25) is 11.8 Å². The van der Waals surface area contributed by atoms with Crippen molar-refractivity contribution in [3.8, 4) is 0 Å². The van der Waals surface area contributed by atoms with Gasteiger partial charge in [-0.2, -0.15) is 0 Å². The highest BCUT2D eigenvalue weighted by Gasteiger charge is 2.26. The van der Waals surface area contributed by atoms with Gasteiger partial charge in [-0.3, -0.25) is 14.5 Å². The molecular formula is C16H23Cl3N4O2. The number of anilines is 1. The van der Waals surface area contributed by atoms with Gasteiger partial charge in [-0.1, -0.05) is 29.3 Å². The molecule has 0 bridgehead atoms. The summed E-state index contributed by atoms with van der Waals surface area (Å²) in [6.07, 6.45) is 1.71. The lowest BCUT2D eigenvalue weighted by atomic mass is 9.97. The Hall–Kier alpha value is -1.05. The number of benzene rings is 1. The number of nitrogens with one attached hydrogen (secondary N) is 2. The van der Waals surface area contributed by atoms with Crippen molar-refractivity contribution in [1.82, 2.24) is 10.2 Å². The Kier molecular flexibility index (Phi) is 9.53. The third-order valence-electron chi connectivity index (χ3n) is 3.91. The maximum atomic E-state index is 12.2. The van der Waals surface area contributed by atoms with Crippen molar-refractivity contribution in [2.45, 2.75) is 12.8 Å². The first kappa shape index (κ1) is 22.0. The summed E-state index contributed by atoms with van der Waals surface area (Å²) in [6.45, 7) is 2.46. The van der Waals surface area contributed by atoms with Gasteiger partial charge in [-0.25, -0.2) is 0 Å². The Morgan fingerprint density at radius 1 is 1.32 bits per heavy atom. The predicted octanol–water partition coefficient (Wildman–Crippen LogP) is 2.14. The van der Waals surface area contributed by atoms with Gasteiger partial charge >= 0.3 is 0 Å². The summed E-state index contributed by atoms with van der Waals surface area (Å²) in [6, 6.07) is 5.09. The number of hydrogen-bond donors (Lipinski definition) is 3. The Labute approximate surface area is 163 Å². The van der Waals surface area contributed by atoms with Gasteiger partial charge in [0.25, 0.3) is 0 Å². The summed E-state index contributed by atoms with van der Waals surface area (Å²) < 4.78 is 0. The number of hydrogen-bond acceptors (Lipinski definition) is 4. The molecule has 1 atom stereocenters. The van der Waals surface area contributed by atoms with Crippen LogP contribution in [0.1, 0.15) is 12.8 Å². The van der Waals surface area contributed by atoms with Crippen LogP contribution < -0.4 is 16.4 Å². The first-order valence-corrected chi connectivity index (χ1v) is 8.71. The number of nitrogens with two attached hydrogens (primary N) is 1. The standard InChI is InChI=1S/C16H22Cl2N4O2.ClH/c17-12-4-1-5-13(15(12)18)21-14(23)10-22-8-2-3-11(9-22)16(24)20-7-6-19;/h1,4-5,11H,2-3,6-10,19H2,(H,20,24)(H,21,23);1H. The third-order valence-corrected chi connectivity index (χ3v) is 4.73. The number of likely N-dealkylation sites (tertiary alicyclic amines) is 1. The van der Waals surface area contributed by atoms with Gasteiger partial charge in [0.05, 0.1) is 28.2 Å². The minimum atomic E-state index is -0.179. The van der Waals surface area contributed by atoms with Crippen molar-refractivity contribution in [2.24, 2.45) is 11.7 Å². The van der Waals surface area contributed by atoms with E-state index in [4.69, 9.17) is 28.9 Å². The monoisotopic (exact) mass is 408 g/mol.